The minimum atomic E-state index is -1.46. The molecule has 0 saturated carbocycles. The summed E-state index contributed by atoms with van der Waals surface area (Å²) in [6.45, 7) is 3.35. The molecule has 9 heavy (non-hydrogen) atoms. The normalized spacial score (nSPS) is 18.9. The average Bonchev–Trinajstić information content (AvgIpc) is 1.85. The molecular weight excluding hydrogens is 138 g/mol. The van der Waals surface area contributed by atoms with E-state index in [1.165, 1.54) is 0 Å². The molecule has 4 heteroatoms. The third kappa shape index (κ3) is 1.87. The number of aliphatic carboxylic acids is 1. The summed E-state index contributed by atoms with van der Waals surface area (Å²) in [6.07, 6.45) is 0. The monoisotopic (exact) mass is 150 g/mol. The summed E-state index contributed by atoms with van der Waals surface area (Å²) in [5.41, 5.74) is 5.36. The van der Waals surface area contributed by atoms with E-state index in [1.807, 2.05) is 0 Å². The van der Waals surface area contributed by atoms with E-state index in [2.05, 4.69) is 0 Å². The molecule has 0 aromatic rings. The largest absolute Gasteiger partial charge is 0.479 e. The number of hydrogen-bond donors (Lipinski definition) is 3. The molecule has 0 aliphatic rings. The summed E-state index contributed by atoms with van der Waals surface area (Å²) in [5.74, 6) is -1.38. The predicted molar refractivity (Wildman–Crippen MR) is 38.4 cm³/mol. The predicted octanol–water partition coefficient (Wildman–Crippen LogP) is 0.312. The highest BCUT2D eigenvalue weighted by molar-refractivity contribution is 7.82. The van der Waals surface area contributed by atoms with Gasteiger partial charge in [-0.05, 0) is 5.92 Å². The molecule has 0 fully saturated rings. The SMILES string of the molecule is [2H]S[C@@](N)(C(=O)O)C(C)C. The summed E-state index contributed by atoms with van der Waals surface area (Å²) >= 11 is 0.417. The molecule has 0 spiro atoms. The molecule has 0 saturated heterocycles. The molecule has 0 rings (SSSR count). The zero-order valence-electron chi connectivity index (χ0n) is 6.42. The molecule has 0 bridgehead atoms. The Morgan fingerprint density at radius 3 is 2.44 bits per heavy atom. The van der Waals surface area contributed by atoms with Crippen molar-refractivity contribution in [3.63, 3.8) is 0 Å². The second kappa shape index (κ2) is 2.58. The maximum Gasteiger partial charge on any atom is 0.334 e. The standard InChI is InChI=1S/C5H11NO2S/c1-3(2)5(6,9)4(7)8/h3,9H,6H2,1-2H3,(H,7,8)/t5-/m1/s1/i/hD. The summed E-state index contributed by atoms with van der Waals surface area (Å²) in [6, 6.07) is 0. The van der Waals surface area contributed by atoms with Crippen molar-refractivity contribution in [2.24, 2.45) is 11.7 Å². The van der Waals surface area contributed by atoms with Crippen molar-refractivity contribution in [3.8, 4) is 0 Å². The number of thiol groups is 1. The molecular formula is C5H11NO2S. The van der Waals surface area contributed by atoms with Crippen LogP contribution in [0.15, 0.2) is 0 Å². The average molecular weight is 150 g/mol. The van der Waals surface area contributed by atoms with E-state index in [1.54, 1.807) is 13.8 Å². The van der Waals surface area contributed by atoms with Crippen molar-refractivity contribution in [2.75, 3.05) is 0 Å². The molecule has 0 amide bonds. The number of carboxylic acids is 1. The summed E-state index contributed by atoms with van der Waals surface area (Å²) in [5, 5.41) is 8.54. The van der Waals surface area contributed by atoms with E-state index < -0.39 is 10.8 Å². The first-order valence-electron chi connectivity index (χ1n) is 3.02. The molecule has 0 aromatic carbocycles. The first kappa shape index (κ1) is 6.89. The minimum Gasteiger partial charge on any atom is -0.479 e. The highest BCUT2D eigenvalue weighted by Crippen LogP contribution is 2.17. The Bertz CT molecular complexity index is 142. The Labute approximate surface area is 60.7 Å². The van der Waals surface area contributed by atoms with Gasteiger partial charge >= 0.3 is 5.97 Å². The van der Waals surface area contributed by atoms with Crippen LogP contribution >= 0.6 is 12.5 Å². The van der Waals surface area contributed by atoms with Gasteiger partial charge in [0.15, 0.2) is 4.87 Å². The van der Waals surface area contributed by atoms with Crippen LogP contribution in [-0.4, -0.2) is 17.1 Å². The number of hydrogen-bond acceptors (Lipinski definition) is 3. The molecule has 0 heterocycles. The Kier molecular flexibility index (Phi) is 1.97. The molecule has 54 valence electrons. The van der Waals surface area contributed by atoms with E-state index in [4.69, 9.17) is 12.0 Å². The van der Waals surface area contributed by atoms with Gasteiger partial charge in [-0.2, -0.15) is 0 Å². The van der Waals surface area contributed by atoms with Gasteiger partial charge in [0.05, 0.1) is 0 Å². The quantitative estimate of drug-likeness (QED) is 0.401. The first-order valence-corrected chi connectivity index (χ1v) is 3.02. The van der Waals surface area contributed by atoms with Crippen LogP contribution in [-0.2, 0) is 4.79 Å². The highest BCUT2D eigenvalue weighted by atomic mass is 32.1. The van der Waals surface area contributed by atoms with Crippen molar-refractivity contribution in [1.82, 2.24) is 0 Å². The fraction of sp³-hybridized carbons (Fsp3) is 0.800. The van der Waals surface area contributed by atoms with Crippen LogP contribution in [0.25, 0.3) is 0 Å². The van der Waals surface area contributed by atoms with Crippen LogP contribution in [0, 0.1) is 5.92 Å². The van der Waals surface area contributed by atoms with Gasteiger partial charge in [-0.1, -0.05) is 13.8 Å². The van der Waals surface area contributed by atoms with E-state index in [0.717, 1.165) is 0 Å². The van der Waals surface area contributed by atoms with Crippen LogP contribution in [0.4, 0.5) is 0 Å². The third-order valence-electron chi connectivity index (χ3n) is 1.19. The lowest BCUT2D eigenvalue weighted by molar-refractivity contribution is -0.140. The van der Waals surface area contributed by atoms with Crippen LogP contribution in [0.1, 0.15) is 13.8 Å². The van der Waals surface area contributed by atoms with Crippen molar-refractivity contribution in [1.29, 1.82) is 1.12 Å². The Balaban J connectivity index is 4.38. The van der Waals surface area contributed by atoms with Gasteiger partial charge in [-0.15, -0.1) is 12.5 Å². The second-order valence-corrected chi connectivity index (χ2v) is 2.93. The van der Waals surface area contributed by atoms with Crippen molar-refractivity contribution in [3.05, 3.63) is 0 Å². The fourth-order valence-corrected chi connectivity index (χ4v) is 0.247. The molecule has 0 unspecified atom stereocenters. The zero-order chi connectivity index (χ0) is 8.36. The number of rotatable bonds is 3. The molecule has 0 radical (unpaired) electrons. The van der Waals surface area contributed by atoms with E-state index >= 15 is 0 Å². The zero-order valence-corrected chi connectivity index (χ0v) is 6.23. The Hall–Kier alpha value is -0.220. The molecule has 0 aromatic heterocycles. The summed E-state index contributed by atoms with van der Waals surface area (Å²) in [4.78, 5) is 8.97. The van der Waals surface area contributed by atoms with Gasteiger partial charge < -0.3 is 10.8 Å². The van der Waals surface area contributed by atoms with Crippen LogP contribution in [0.5, 0.6) is 0 Å². The molecule has 1 atom stereocenters. The maximum atomic E-state index is 10.4. The van der Waals surface area contributed by atoms with Crippen LogP contribution in [0.3, 0.4) is 0 Å². The number of nitrogens with two attached hydrogens (primary N) is 1. The smallest absolute Gasteiger partial charge is 0.334 e. The van der Waals surface area contributed by atoms with Crippen molar-refractivity contribution in [2.45, 2.75) is 18.7 Å². The number of carbonyl (C=O) groups is 1. The van der Waals surface area contributed by atoms with Gasteiger partial charge in [-0.25, -0.2) is 4.79 Å². The van der Waals surface area contributed by atoms with Crippen LogP contribution < -0.4 is 5.73 Å². The lowest BCUT2D eigenvalue weighted by Gasteiger charge is -2.21. The van der Waals surface area contributed by atoms with Crippen molar-refractivity contribution >= 4 is 18.5 Å². The Morgan fingerprint density at radius 2 is 2.44 bits per heavy atom. The van der Waals surface area contributed by atoms with E-state index in [0.29, 0.717) is 12.5 Å². The molecule has 0 aliphatic carbocycles. The van der Waals surface area contributed by atoms with E-state index in [-0.39, 0.29) is 5.92 Å². The number of carboxylic acid groups (broad SMARTS) is 1. The van der Waals surface area contributed by atoms with Crippen molar-refractivity contribution < 1.29 is 9.90 Å². The first-order chi connectivity index (χ1) is 4.45. The lowest BCUT2D eigenvalue weighted by atomic mass is 10.1. The maximum absolute atomic E-state index is 10.4. The fourth-order valence-electron chi connectivity index (χ4n) is 0.247. The highest BCUT2D eigenvalue weighted by Gasteiger charge is 2.32. The van der Waals surface area contributed by atoms with Gasteiger partial charge in [0.1, 0.15) is 1.12 Å². The topological polar surface area (TPSA) is 63.3 Å². The van der Waals surface area contributed by atoms with Gasteiger partial charge in [0.25, 0.3) is 0 Å². The summed E-state index contributed by atoms with van der Waals surface area (Å²) < 4.78 is 6.83. The van der Waals surface area contributed by atoms with Gasteiger partial charge in [0.2, 0.25) is 0 Å². The lowest BCUT2D eigenvalue weighted by Crippen LogP contribution is -2.47. The summed E-state index contributed by atoms with van der Waals surface area (Å²) in [7, 11) is 0. The Morgan fingerprint density at radius 1 is 2.00 bits per heavy atom. The third-order valence-corrected chi connectivity index (χ3v) is 1.84. The second-order valence-electron chi connectivity index (χ2n) is 2.25. The molecule has 0 aliphatic heterocycles. The minimum absolute atomic E-state index is 0.243. The van der Waals surface area contributed by atoms with Gasteiger partial charge in [-0.3, -0.25) is 0 Å². The van der Waals surface area contributed by atoms with Crippen LogP contribution in [0.2, 0.25) is 0 Å². The molecule has 3 N–H and O–H groups in total. The van der Waals surface area contributed by atoms with E-state index in [9.17, 15) is 4.79 Å². The molecule has 3 nitrogen and oxygen atoms in total. The van der Waals surface area contributed by atoms with Gasteiger partial charge in [0, 0.05) is 0 Å².